The molecule has 1 amide bonds. The topological polar surface area (TPSA) is 84.5 Å². The number of hydrogen-bond acceptors (Lipinski definition) is 4. The van der Waals surface area contributed by atoms with Crippen molar-refractivity contribution in [2.45, 2.75) is 11.8 Å². The molecular weight excluding hydrogens is 447 g/mol. The quantitative estimate of drug-likeness (QED) is 0.507. The average Bonchev–Trinajstić information content (AvgIpc) is 2.71. The van der Waals surface area contributed by atoms with Crippen molar-refractivity contribution in [3.63, 3.8) is 0 Å². The fourth-order valence-corrected chi connectivity index (χ4v) is 3.87. The van der Waals surface area contributed by atoms with Crippen LogP contribution < -0.4 is 14.8 Å². The number of benzene rings is 3. The number of carbonyl (C=O) groups is 1. The molecule has 0 saturated carbocycles. The lowest BCUT2D eigenvalue weighted by Gasteiger charge is -2.11. The Balaban J connectivity index is 1.59. The molecule has 2 N–H and O–H groups in total. The van der Waals surface area contributed by atoms with Gasteiger partial charge in [0.1, 0.15) is 5.75 Å². The van der Waals surface area contributed by atoms with Crippen LogP contribution in [0.25, 0.3) is 0 Å². The van der Waals surface area contributed by atoms with E-state index in [4.69, 9.17) is 27.9 Å². The molecule has 0 atom stereocenters. The van der Waals surface area contributed by atoms with Gasteiger partial charge >= 0.3 is 0 Å². The molecule has 0 aliphatic carbocycles. The van der Waals surface area contributed by atoms with Crippen LogP contribution in [0.1, 0.15) is 5.56 Å². The molecule has 0 aromatic heterocycles. The number of sulfonamides is 1. The van der Waals surface area contributed by atoms with Crippen molar-refractivity contribution in [3.8, 4) is 5.75 Å². The molecule has 0 bridgehead atoms. The molecule has 0 aliphatic heterocycles. The van der Waals surface area contributed by atoms with Gasteiger partial charge in [0, 0.05) is 21.4 Å². The van der Waals surface area contributed by atoms with Gasteiger partial charge in [0.15, 0.2) is 6.61 Å². The smallest absolute Gasteiger partial charge is 0.262 e. The van der Waals surface area contributed by atoms with E-state index in [1.54, 1.807) is 42.5 Å². The van der Waals surface area contributed by atoms with Gasteiger partial charge in [0.05, 0.1) is 4.90 Å². The standard InChI is InChI=1S/C21H18Cl2N2O4S/c1-14-2-3-16(23)12-20(14)24-21(26)13-29-18-8-10-19(11-9-18)30(27,28)25-17-6-4-15(22)5-7-17/h2-12,25H,13H2,1H3,(H,24,26). The number of aryl methyl sites for hydroxylation is 1. The highest BCUT2D eigenvalue weighted by atomic mass is 35.5. The molecule has 156 valence electrons. The summed E-state index contributed by atoms with van der Waals surface area (Å²) >= 11 is 11.7. The molecule has 0 spiro atoms. The molecule has 3 rings (SSSR count). The Morgan fingerprint density at radius 3 is 2.23 bits per heavy atom. The Kier molecular flexibility index (Phi) is 6.87. The predicted molar refractivity (Wildman–Crippen MR) is 119 cm³/mol. The van der Waals surface area contributed by atoms with E-state index >= 15 is 0 Å². The van der Waals surface area contributed by atoms with Gasteiger partial charge in [-0.15, -0.1) is 0 Å². The summed E-state index contributed by atoms with van der Waals surface area (Å²) in [6.45, 7) is 1.62. The Hall–Kier alpha value is -2.74. The van der Waals surface area contributed by atoms with Crippen LogP contribution in [0.4, 0.5) is 11.4 Å². The number of hydrogen-bond donors (Lipinski definition) is 2. The van der Waals surface area contributed by atoms with Gasteiger partial charge in [0.25, 0.3) is 15.9 Å². The average molecular weight is 465 g/mol. The molecule has 0 heterocycles. The van der Waals surface area contributed by atoms with Gasteiger partial charge in [-0.1, -0.05) is 29.3 Å². The maximum absolute atomic E-state index is 12.5. The largest absolute Gasteiger partial charge is 0.484 e. The first-order valence-corrected chi connectivity index (χ1v) is 11.0. The number of carbonyl (C=O) groups excluding carboxylic acids is 1. The van der Waals surface area contributed by atoms with Crippen LogP contribution in [-0.2, 0) is 14.8 Å². The molecule has 0 saturated heterocycles. The molecule has 0 unspecified atom stereocenters. The second-order valence-corrected chi connectivity index (χ2v) is 8.94. The summed E-state index contributed by atoms with van der Waals surface area (Å²) < 4.78 is 32.8. The Morgan fingerprint density at radius 2 is 1.57 bits per heavy atom. The van der Waals surface area contributed by atoms with E-state index in [0.717, 1.165) is 5.56 Å². The van der Waals surface area contributed by atoms with Crippen molar-refractivity contribution >= 4 is 50.5 Å². The SMILES string of the molecule is Cc1ccc(Cl)cc1NC(=O)COc1ccc(S(=O)(=O)Nc2ccc(Cl)cc2)cc1. The Labute approximate surface area is 184 Å². The summed E-state index contributed by atoms with van der Waals surface area (Å²) in [7, 11) is -3.76. The van der Waals surface area contributed by atoms with Crippen molar-refractivity contribution < 1.29 is 17.9 Å². The highest BCUT2D eigenvalue weighted by molar-refractivity contribution is 7.92. The van der Waals surface area contributed by atoms with Gasteiger partial charge in [-0.05, 0) is 73.2 Å². The fraction of sp³-hybridized carbons (Fsp3) is 0.0952. The van der Waals surface area contributed by atoms with Crippen LogP contribution in [-0.4, -0.2) is 20.9 Å². The van der Waals surface area contributed by atoms with E-state index < -0.39 is 10.0 Å². The minimum Gasteiger partial charge on any atom is -0.484 e. The third kappa shape index (κ3) is 5.89. The van der Waals surface area contributed by atoms with E-state index in [1.165, 1.54) is 24.3 Å². The molecule has 0 fully saturated rings. The third-order valence-electron chi connectivity index (χ3n) is 4.07. The number of ether oxygens (including phenoxy) is 1. The molecule has 9 heteroatoms. The summed E-state index contributed by atoms with van der Waals surface area (Å²) in [6.07, 6.45) is 0. The Bertz CT molecular complexity index is 1150. The number of amides is 1. The lowest BCUT2D eigenvalue weighted by molar-refractivity contribution is -0.118. The van der Waals surface area contributed by atoms with E-state index in [-0.39, 0.29) is 17.4 Å². The second kappa shape index (κ2) is 9.38. The van der Waals surface area contributed by atoms with Crippen LogP contribution in [0.15, 0.2) is 71.6 Å². The summed E-state index contributed by atoms with van der Waals surface area (Å²) in [5, 5.41) is 3.75. The number of nitrogens with one attached hydrogen (secondary N) is 2. The maximum atomic E-state index is 12.5. The minimum absolute atomic E-state index is 0.0591. The zero-order valence-corrected chi connectivity index (χ0v) is 18.2. The highest BCUT2D eigenvalue weighted by Gasteiger charge is 2.14. The summed E-state index contributed by atoms with van der Waals surface area (Å²) in [5.41, 5.74) is 1.87. The third-order valence-corrected chi connectivity index (χ3v) is 5.96. The van der Waals surface area contributed by atoms with E-state index in [2.05, 4.69) is 10.0 Å². The fourth-order valence-electron chi connectivity index (χ4n) is 2.51. The van der Waals surface area contributed by atoms with Gasteiger partial charge in [0.2, 0.25) is 0 Å². The van der Waals surface area contributed by atoms with Crippen molar-refractivity contribution in [1.82, 2.24) is 0 Å². The van der Waals surface area contributed by atoms with Crippen LogP contribution in [0.5, 0.6) is 5.75 Å². The summed E-state index contributed by atoms with van der Waals surface area (Å²) in [5.74, 6) is -0.000112. The molecule has 3 aromatic carbocycles. The molecule has 0 aliphatic rings. The predicted octanol–water partition coefficient (Wildman–Crippen LogP) is 5.12. The molecule has 3 aromatic rings. The van der Waals surface area contributed by atoms with Crippen LogP contribution in [0, 0.1) is 6.92 Å². The zero-order chi connectivity index (χ0) is 21.7. The zero-order valence-electron chi connectivity index (χ0n) is 15.9. The van der Waals surface area contributed by atoms with Crippen molar-refractivity contribution in [1.29, 1.82) is 0 Å². The van der Waals surface area contributed by atoms with Gasteiger partial charge in [-0.2, -0.15) is 0 Å². The minimum atomic E-state index is -3.76. The number of anilines is 2. The van der Waals surface area contributed by atoms with Crippen molar-refractivity contribution in [3.05, 3.63) is 82.3 Å². The summed E-state index contributed by atoms with van der Waals surface area (Å²) in [6, 6.07) is 17.3. The highest BCUT2D eigenvalue weighted by Crippen LogP contribution is 2.22. The normalized spacial score (nSPS) is 11.0. The van der Waals surface area contributed by atoms with Crippen LogP contribution in [0.2, 0.25) is 10.0 Å². The molecule has 30 heavy (non-hydrogen) atoms. The van der Waals surface area contributed by atoms with E-state index in [9.17, 15) is 13.2 Å². The first-order valence-electron chi connectivity index (χ1n) is 8.80. The number of rotatable bonds is 7. The van der Waals surface area contributed by atoms with E-state index in [1.807, 2.05) is 6.92 Å². The van der Waals surface area contributed by atoms with Crippen molar-refractivity contribution in [2.75, 3.05) is 16.6 Å². The summed E-state index contributed by atoms with van der Waals surface area (Å²) in [4.78, 5) is 12.2. The molecule has 6 nitrogen and oxygen atoms in total. The van der Waals surface area contributed by atoms with Crippen LogP contribution >= 0.6 is 23.2 Å². The van der Waals surface area contributed by atoms with E-state index in [0.29, 0.717) is 27.2 Å². The molecule has 0 radical (unpaired) electrons. The first kappa shape index (κ1) is 22.0. The number of halogens is 2. The second-order valence-electron chi connectivity index (χ2n) is 6.38. The van der Waals surface area contributed by atoms with Gasteiger partial charge in [-0.3, -0.25) is 9.52 Å². The maximum Gasteiger partial charge on any atom is 0.262 e. The monoisotopic (exact) mass is 464 g/mol. The molecular formula is C21H18Cl2N2O4S. The first-order chi connectivity index (χ1) is 14.2. The van der Waals surface area contributed by atoms with Crippen molar-refractivity contribution in [2.24, 2.45) is 0 Å². The van der Waals surface area contributed by atoms with Crippen LogP contribution in [0.3, 0.4) is 0 Å². The lowest BCUT2D eigenvalue weighted by Crippen LogP contribution is -2.20. The Morgan fingerprint density at radius 1 is 0.933 bits per heavy atom. The van der Waals surface area contributed by atoms with Gasteiger partial charge < -0.3 is 10.1 Å². The van der Waals surface area contributed by atoms with Gasteiger partial charge in [-0.25, -0.2) is 8.42 Å². The lowest BCUT2D eigenvalue weighted by atomic mass is 10.2.